The number of hydrogen-bond donors (Lipinski definition) is 2. The number of halogens is 2. The molecule has 1 atom stereocenters. The van der Waals surface area contributed by atoms with Crippen LogP contribution in [0.2, 0.25) is 10.0 Å². The number of benzene rings is 3. The molecule has 1 amide bonds. The van der Waals surface area contributed by atoms with Crippen molar-refractivity contribution < 1.29 is 4.79 Å². The third-order valence-corrected chi connectivity index (χ3v) is 7.10. The maximum absolute atomic E-state index is 12.7. The van der Waals surface area contributed by atoms with Gasteiger partial charge in [0.15, 0.2) is 5.50 Å². The lowest BCUT2D eigenvalue weighted by molar-refractivity contribution is -0.116. The fourth-order valence-corrected chi connectivity index (χ4v) is 5.17. The SMILES string of the molecule is Cc1ccc(Cl)cc1NC1NC(=O)/C(=C/c2cn(Cc3ccc(Cl)cc3)c3ccccc23)S1. The second-order valence-corrected chi connectivity index (χ2v) is 9.96. The van der Waals surface area contributed by atoms with Crippen LogP contribution in [0.1, 0.15) is 16.7 Å². The molecule has 2 N–H and O–H groups in total. The molecule has 1 fully saturated rings. The van der Waals surface area contributed by atoms with Gasteiger partial charge in [0.05, 0.1) is 4.91 Å². The smallest absolute Gasteiger partial charge is 0.260 e. The summed E-state index contributed by atoms with van der Waals surface area (Å²) < 4.78 is 2.20. The van der Waals surface area contributed by atoms with Crippen molar-refractivity contribution in [3.63, 3.8) is 0 Å². The summed E-state index contributed by atoms with van der Waals surface area (Å²) in [5.41, 5.74) is 5.00. The Hall–Kier alpha value is -2.86. The Labute approximate surface area is 206 Å². The molecular formula is C26H21Cl2N3OS. The van der Waals surface area contributed by atoms with Crippen LogP contribution in [0.3, 0.4) is 0 Å². The zero-order valence-electron chi connectivity index (χ0n) is 17.8. The molecule has 1 saturated heterocycles. The highest BCUT2D eigenvalue weighted by molar-refractivity contribution is 8.05. The number of aryl methyl sites for hydroxylation is 1. The standard InChI is InChI=1S/C26H21Cl2N3OS/c1-16-6-9-20(28)13-22(16)29-26-30-25(32)24(33-26)12-18-15-31(23-5-3-2-4-21(18)23)14-17-7-10-19(27)11-8-17/h2-13,15,26,29H,14H2,1H3,(H,30,32)/b24-12-. The second kappa shape index (κ2) is 9.18. The molecule has 7 heteroatoms. The molecule has 1 aliphatic rings. The minimum Gasteiger partial charge on any atom is -0.356 e. The number of nitrogens with one attached hydrogen (secondary N) is 2. The molecule has 0 spiro atoms. The summed E-state index contributed by atoms with van der Waals surface area (Å²) in [5, 5.41) is 8.85. The van der Waals surface area contributed by atoms with Crippen molar-refractivity contribution in [2.75, 3.05) is 5.32 Å². The van der Waals surface area contributed by atoms with Gasteiger partial charge in [0.1, 0.15) is 0 Å². The number of fused-ring (bicyclic) bond motifs is 1. The average molecular weight is 494 g/mol. The van der Waals surface area contributed by atoms with Crippen molar-refractivity contribution in [3.8, 4) is 0 Å². The van der Waals surface area contributed by atoms with Crippen molar-refractivity contribution in [1.29, 1.82) is 0 Å². The summed E-state index contributed by atoms with van der Waals surface area (Å²) in [6.07, 6.45) is 4.06. The Morgan fingerprint density at radius 1 is 1.06 bits per heavy atom. The molecule has 4 nitrogen and oxygen atoms in total. The summed E-state index contributed by atoms with van der Waals surface area (Å²) in [6.45, 7) is 2.73. The number of hydrogen-bond acceptors (Lipinski definition) is 3. The predicted octanol–water partition coefficient (Wildman–Crippen LogP) is 6.90. The summed E-state index contributed by atoms with van der Waals surface area (Å²) in [5.74, 6) is -0.0910. The van der Waals surface area contributed by atoms with Crippen molar-refractivity contribution in [2.45, 2.75) is 19.0 Å². The number of carbonyl (C=O) groups is 1. The first-order valence-corrected chi connectivity index (χ1v) is 12.1. The fourth-order valence-electron chi connectivity index (χ4n) is 3.90. The van der Waals surface area contributed by atoms with E-state index in [-0.39, 0.29) is 11.4 Å². The van der Waals surface area contributed by atoms with Crippen LogP contribution < -0.4 is 10.6 Å². The van der Waals surface area contributed by atoms with E-state index in [0.29, 0.717) is 9.93 Å². The summed E-state index contributed by atoms with van der Waals surface area (Å²) in [7, 11) is 0. The van der Waals surface area contributed by atoms with Gasteiger partial charge >= 0.3 is 0 Å². The predicted molar refractivity (Wildman–Crippen MR) is 140 cm³/mol. The lowest BCUT2D eigenvalue weighted by atomic mass is 10.1. The maximum Gasteiger partial charge on any atom is 0.260 e. The Kier molecular flexibility index (Phi) is 6.11. The molecule has 1 aromatic heterocycles. The highest BCUT2D eigenvalue weighted by Gasteiger charge is 2.28. The van der Waals surface area contributed by atoms with E-state index < -0.39 is 0 Å². The van der Waals surface area contributed by atoms with Crippen molar-refractivity contribution >= 4 is 63.5 Å². The average Bonchev–Trinajstić information content (AvgIpc) is 3.32. The summed E-state index contributed by atoms with van der Waals surface area (Å²) in [4.78, 5) is 13.4. The third-order valence-electron chi connectivity index (χ3n) is 5.59. The molecule has 0 aliphatic carbocycles. The largest absolute Gasteiger partial charge is 0.356 e. The zero-order valence-corrected chi connectivity index (χ0v) is 20.1. The van der Waals surface area contributed by atoms with Crippen LogP contribution in [-0.2, 0) is 11.3 Å². The topological polar surface area (TPSA) is 46.1 Å². The van der Waals surface area contributed by atoms with Crippen molar-refractivity contribution in [1.82, 2.24) is 9.88 Å². The minimum absolute atomic E-state index is 0.0910. The van der Waals surface area contributed by atoms with Gasteiger partial charge in [-0.1, -0.05) is 71.4 Å². The van der Waals surface area contributed by atoms with Crippen LogP contribution >= 0.6 is 35.0 Å². The number of aromatic nitrogens is 1. The Morgan fingerprint density at radius 2 is 1.82 bits per heavy atom. The molecule has 0 radical (unpaired) electrons. The molecule has 166 valence electrons. The van der Waals surface area contributed by atoms with E-state index in [2.05, 4.69) is 33.5 Å². The normalized spacial score (nSPS) is 17.0. The zero-order chi connectivity index (χ0) is 22.9. The molecule has 1 unspecified atom stereocenters. The number of thioether (sulfide) groups is 1. The monoisotopic (exact) mass is 493 g/mol. The number of para-hydroxylation sites is 1. The third kappa shape index (κ3) is 4.76. The van der Waals surface area contributed by atoms with Gasteiger partial charge < -0.3 is 15.2 Å². The van der Waals surface area contributed by atoms with E-state index in [1.165, 1.54) is 11.8 Å². The number of anilines is 1. The number of nitrogens with zero attached hydrogens (tertiary/aromatic N) is 1. The molecular weight excluding hydrogens is 473 g/mol. The first-order valence-electron chi connectivity index (χ1n) is 10.5. The van der Waals surface area contributed by atoms with Gasteiger partial charge in [0.2, 0.25) is 0 Å². The van der Waals surface area contributed by atoms with E-state index >= 15 is 0 Å². The van der Waals surface area contributed by atoms with Gasteiger partial charge in [0, 0.05) is 44.9 Å². The first kappa shape index (κ1) is 22.0. The lowest BCUT2D eigenvalue weighted by Gasteiger charge is -2.15. The minimum atomic E-state index is -0.261. The first-order chi connectivity index (χ1) is 16.0. The number of carbonyl (C=O) groups excluding carboxylic acids is 1. The van der Waals surface area contributed by atoms with Crippen LogP contribution in [0.5, 0.6) is 0 Å². The van der Waals surface area contributed by atoms with E-state index in [0.717, 1.165) is 44.8 Å². The van der Waals surface area contributed by atoms with Gasteiger partial charge in [-0.3, -0.25) is 4.79 Å². The quantitative estimate of drug-likeness (QED) is 0.297. The van der Waals surface area contributed by atoms with Crippen molar-refractivity contribution in [3.05, 3.63) is 105 Å². The van der Waals surface area contributed by atoms with Gasteiger partial charge in [-0.15, -0.1) is 0 Å². The van der Waals surface area contributed by atoms with Crippen LogP contribution in [0.25, 0.3) is 17.0 Å². The van der Waals surface area contributed by atoms with Gasteiger partial charge in [0.25, 0.3) is 5.91 Å². The molecule has 0 saturated carbocycles. The Morgan fingerprint density at radius 3 is 2.64 bits per heavy atom. The highest BCUT2D eigenvalue weighted by atomic mass is 35.5. The van der Waals surface area contributed by atoms with E-state index in [1.54, 1.807) is 0 Å². The van der Waals surface area contributed by atoms with Gasteiger partial charge in [-0.25, -0.2) is 0 Å². The van der Waals surface area contributed by atoms with E-state index in [9.17, 15) is 4.79 Å². The number of amides is 1. The van der Waals surface area contributed by atoms with Crippen LogP contribution in [-0.4, -0.2) is 16.0 Å². The fraction of sp³-hybridized carbons (Fsp3) is 0.115. The van der Waals surface area contributed by atoms with Crippen LogP contribution in [0.4, 0.5) is 5.69 Å². The molecule has 0 bridgehead atoms. The molecule has 5 rings (SSSR count). The second-order valence-electron chi connectivity index (χ2n) is 7.94. The molecule has 2 heterocycles. The summed E-state index contributed by atoms with van der Waals surface area (Å²) in [6, 6.07) is 21.8. The van der Waals surface area contributed by atoms with Gasteiger partial charge in [-0.2, -0.15) is 0 Å². The van der Waals surface area contributed by atoms with Crippen molar-refractivity contribution in [2.24, 2.45) is 0 Å². The Bertz CT molecular complexity index is 1380. The van der Waals surface area contributed by atoms with E-state index in [1.807, 2.05) is 67.6 Å². The number of rotatable bonds is 5. The lowest BCUT2D eigenvalue weighted by Crippen LogP contribution is -2.31. The molecule has 33 heavy (non-hydrogen) atoms. The van der Waals surface area contributed by atoms with E-state index in [4.69, 9.17) is 23.2 Å². The summed E-state index contributed by atoms with van der Waals surface area (Å²) >= 11 is 13.6. The molecule has 4 aromatic rings. The molecule has 1 aliphatic heterocycles. The highest BCUT2D eigenvalue weighted by Crippen LogP contribution is 2.33. The Balaban J connectivity index is 1.42. The maximum atomic E-state index is 12.7. The van der Waals surface area contributed by atoms with Crippen LogP contribution in [0.15, 0.2) is 77.8 Å². The molecule has 3 aromatic carbocycles. The van der Waals surface area contributed by atoms with Crippen LogP contribution in [0, 0.1) is 6.92 Å². The van der Waals surface area contributed by atoms with Gasteiger partial charge in [-0.05, 0) is 54.5 Å².